The number of rotatable bonds is 3. The van der Waals surface area contributed by atoms with E-state index in [9.17, 15) is 9.18 Å². The van der Waals surface area contributed by atoms with Gasteiger partial charge in [0.2, 0.25) is 0 Å². The zero-order valence-electron chi connectivity index (χ0n) is 8.34. The first kappa shape index (κ1) is 12.0. The Kier molecular flexibility index (Phi) is 4.08. The highest BCUT2D eigenvalue weighted by Gasteiger charge is 2.12. The SMILES string of the molecule is COC(=O)Cc1cc(F)c(Br)cc1OC. The third-order valence-electron chi connectivity index (χ3n) is 1.89. The number of carbonyl (C=O) groups is 1. The van der Waals surface area contributed by atoms with Gasteiger partial charge in [-0.2, -0.15) is 0 Å². The molecule has 0 spiro atoms. The van der Waals surface area contributed by atoms with Crippen LogP contribution >= 0.6 is 15.9 Å². The van der Waals surface area contributed by atoms with Crippen molar-refractivity contribution in [2.75, 3.05) is 14.2 Å². The maximum Gasteiger partial charge on any atom is 0.310 e. The molecule has 0 fully saturated rings. The molecule has 1 aromatic carbocycles. The molecule has 0 saturated carbocycles. The Morgan fingerprint density at radius 1 is 1.47 bits per heavy atom. The predicted octanol–water partition coefficient (Wildman–Crippen LogP) is 2.31. The average molecular weight is 277 g/mol. The molecule has 0 N–H and O–H groups in total. The van der Waals surface area contributed by atoms with Crippen LogP contribution in [-0.4, -0.2) is 20.2 Å². The van der Waals surface area contributed by atoms with Gasteiger partial charge < -0.3 is 9.47 Å². The van der Waals surface area contributed by atoms with E-state index in [0.29, 0.717) is 15.8 Å². The summed E-state index contributed by atoms with van der Waals surface area (Å²) in [4.78, 5) is 11.0. The maximum atomic E-state index is 13.2. The van der Waals surface area contributed by atoms with Crippen LogP contribution in [-0.2, 0) is 16.0 Å². The third-order valence-corrected chi connectivity index (χ3v) is 2.49. The van der Waals surface area contributed by atoms with Gasteiger partial charge in [-0.05, 0) is 28.1 Å². The minimum absolute atomic E-state index is 0.0100. The van der Waals surface area contributed by atoms with Crippen LogP contribution in [0, 0.1) is 5.82 Å². The fourth-order valence-electron chi connectivity index (χ4n) is 1.13. The van der Waals surface area contributed by atoms with Gasteiger partial charge in [-0.15, -0.1) is 0 Å². The fraction of sp³-hybridized carbons (Fsp3) is 0.300. The summed E-state index contributed by atoms with van der Waals surface area (Å²) in [7, 11) is 2.74. The van der Waals surface area contributed by atoms with Crippen molar-refractivity contribution in [1.82, 2.24) is 0 Å². The van der Waals surface area contributed by atoms with E-state index in [1.165, 1.54) is 26.4 Å². The van der Waals surface area contributed by atoms with Gasteiger partial charge in [0.25, 0.3) is 0 Å². The Morgan fingerprint density at radius 3 is 2.67 bits per heavy atom. The summed E-state index contributed by atoms with van der Waals surface area (Å²) in [6.07, 6.45) is -0.0100. The first-order valence-electron chi connectivity index (χ1n) is 4.17. The number of methoxy groups -OCH3 is 2. The molecule has 0 aliphatic carbocycles. The average Bonchev–Trinajstić information content (AvgIpc) is 2.22. The van der Waals surface area contributed by atoms with Crippen LogP contribution in [0.1, 0.15) is 5.56 Å². The Balaban J connectivity index is 3.05. The molecule has 0 amide bonds. The van der Waals surface area contributed by atoms with Crippen molar-refractivity contribution >= 4 is 21.9 Å². The van der Waals surface area contributed by atoms with Gasteiger partial charge in [0.15, 0.2) is 0 Å². The molecule has 0 unspecified atom stereocenters. The van der Waals surface area contributed by atoms with Crippen molar-refractivity contribution in [3.05, 3.63) is 28.0 Å². The molecule has 0 aliphatic heterocycles. The van der Waals surface area contributed by atoms with Crippen LogP contribution in [0.3, 0.4) is 0 Å². The van der Waals surface area contributed by atoms with Crippen LogP contribution in [0.15, 0.2) is 16.6 Å². The van der Waals surface area contributed by atoms with Crippen molar-refractivity contribution in [2.45, 2.75) is 6.42 Å². The quantitative estimate of drug-likeness (QED) is 0.795. The van der Waals surface area contributed by atoms with Gasteiger partial charge in [0.05, 0.1) is 25.1 Å². The molecule has 0 heterocycles. The number of carbonyl (C=O) groups excluding carboxylic acids is 1. The summed E-state index contributed by atoms with van der Waals surface area (Å²) < 4.78 is 23.0. The van der Waals surface area contributed by atoms with Gasteiger partial charge in [0, 0.05) is 5.56 Å². The van der Waals surface area contributed by atoms with Gasteiger partial charge in [0.1, 0.15) is 11.6 Å². The first-order valence-corrected chi connectivity index (χ1v) is 4.96. The standard InChI is InChI=1S/C10H10BrFO3/c1-14-9-5-7(11)8(12)3-6(9)4-10(13)15-2/h3,5H,4H2,1-2H3. The lowest BCUT2D eigenvalue weighted by atomic mass is 10.1. The lowest BCUT2D eigenvalue weighted by molar-refractivity contribution is -0.139. The molecule has 0 saturated heterocycles. The molecule has 3 nitrogen and oxygen atoms in total. The van der Waals surface area contributed by atoms with Crippen molar-refractivity contribution < 1.29 is 18.7 Å². The molecule has 0 atom stereocenters. The van der Waals surface area contributed by atoms with Crippen molar-refractivity contribution in [3.8, 4) is 5.75 Å². The number of hydrogen-bond donors (Lipinski definition) is 0. The Labute approximate surface area is 95.3 Å². The van der Waals surface area contributed by atoms with Crippen molar-refractivity contribution in [3.63, 3.8) is 0 Å². The van der Waals surface area contributed by atoms with Gasteiger partial charge in [-0.3, -0.25) is 4.79 Å². The summed E-state index contributed by atoms with van der Waals surface area (Å²) in [5.74, 6) is -0.418. The highest BCUT2D eigenvalue weighted by atomic mass is 79.9. The summed E-state index contributed by atoms with van der Waals surface area (Å²) in [5.41, 5.74) is 0.463. The fourth-order valence-corrected chi connectivity index (χ4v) is 1.45. The molecular weight excluding hydrogens is 267 g/mol. The van der Waals surface area contributed by atoms with E-state index >= 15 is 0 Å². The van der Waals surface area contributed by atoms with Crippen molar-refractivity contribution in [1.29, 1.82) is 0 Å². The van der Waals surface area contributed by atoms with Crippen LogP contribution in [0.2, 0.25) is 0 Å². The predicted molar refractivity (Wildman–Crippen MR) is 56.4 cm³/mol. The monoisotopic (exact) mass is 276 g/mol. The highest BCUT2D eigenvalue weighted by Crippen LogP contribution is 2.27. The van der Waals surface area contributed by atoms with E-state index in [-0.39, 0.29) is 6.42 Å². The van der Waals surface area contributed by atoms with E-state index in [2.05, 4.69) is 20.7 Å². The molecule has 0 aliphatic rings. The number of halogens is 2. The normalized spacial score (nSPS) is 9.87. The number of ether oxygens (including phenoxy) is 2. The maximum absolute atomic E-state index is 13.2. The molecule has 82 valence electrons. The second-order valence-electron chi connectivity index (χ2n) is 2.83. The van der Waals surface area contributed by atoms with Gasteiger partial charge in [-0.1, -0.05) is 0 Å². The minimum Gasteiger partial charge on any atom is -0.496 e. The van der Waals surface area contributed by atoms with E-state index in [1.807, 2.05) is 0 Å². The lowest BCUT2D eigenvalue weighted by Gasteiger charge is -2.08. The molecule has 5 heteroatoms. The molecule has 15 heavy (non-hydrogen) atoms. The summed E-state index contributed by atoms with van der Waals surface area (Å²) >= 11 is 3.03. The summed E-state index contributed by atoms with van der Waals surface area (Å²) in [6.45, 7) is 0. The van der Waals surface area contributed by atoms with Crippen LogP contribution in [0.25, 0.3) is 0 Å². The zero-order chi connectivity index (χ0) is 11.4. The van der Waals surface area contributed by atoms with Gasteiger partial charge >= 0.3 is 5.97 Å². The van der Waals surface area contributed by atoms with E-state index in [0.717, 1.165) is 0 Å². The van der Waals surface area contributed by atoms with E-state index < -0.39 is 11.8 Å². The number of esters is 1. The Hall–Kier alpha value is -1.10. The van der Waals surface area contributed by atoms with Crippen LogP contribution in [0.5, 0.6) is 5.75 Å². The van der Waals surface area contributed by atoms with Crippen LogP contribution < -0.4 is 4.74 Å². The summed E-state index contributed by atoms with van der Waals surface area (Å²) in [6, 6.07) is 2.73. The lowest BCUT2D eigenvalue weighted by Crippen LogP contribution is -2.06. The third kappa shape index (κ3) is 2.92. The smallest absolute Gasteiger partial charge is 0.310 e. The van der Waals surface area contributed by atoms with Crippen LogP contribution in [0.4, 0.5) is 4.39 Å². The largest absolute Gasteiger partial charge is 0.496 e. The molecular formula is C10H10BrFO3. The molecule has 0 bridgehead atoms. The second-order valence-corrected chi connectivity index (χ2v) is 3.69. The minimum atomic E-state index is -0.435. The molecule has 1 aromatic rings. The Morgan fingerprint density at radius 2 is 2.13 bits per heavy atom. The molecule has 1 rings (SSSR count). The first-order chi connectivity index (χ1) is 7.08. The Bertz CT molecular complexity index is 379. The topological polar surface area (TPSA) is 35.5 Å². The van der Waals surface area contributed by atoms with E-state index in [4.69, 9.17) is 4.74 Å². The molecule has 0 aromatic heterocycles. The number of benzene rings is 1. The van der Waals surface area contributed by atoms with Gasteiger partial charge in [-0.25, -0.2) is 4.39 Å². The number of hydrogen-bond acceptors (Lipinski definition) is 3. The van der Waals surface area contributed by atoms with Crippen molar-refractivity contribution in [2.24, 2.45) is 0 Å². The second kappa shape index (κ2) is 5.11. The van der Waals surface area contributed by atoms with E-state index in [1.54, 1.807) is 0 Å². The highest BCUT2D eigenvalue weighted by molar-refractivity contribution is 9.10. The zero-order valence-corrected chi connectivity index (χ0v) is 9.93. The summed E-state index contributed by atoms with van der Waals surface area (Å²) in [5, 5.41) is 0. The molecule has 0 radical (unpaired) electrons.